The van der Waals surface area contributed by atoms with E-state index in [1.807, 2.05) is 24.5 Å². The SMILES string of the molecule is C=CCN1N=C(C)Cn2c1nc1c2c(=O)n(CC=CC)c(=O)n1C. The fraction of sp³-hybridized carbons (Fsp3) is 0.375. The number of fused-ring (bicyclic) bond motifs is 3. The molecule has 8 heteroatoms. The van der Waals surface area contributed by atoms with Gasteiger partial charge in [0.05, 0.1) is 18.8 Å². The summed E-state index contributed by atoms with van der Waals surface area (Å²) in [6, 6.07) is 0. The first kappa shape index (κ1) is 16.0. The molecule has 0 aromatic carbocycles. The van der Waals surface area contributed by atoms with Crippen molar-refractivity contribution in [3.8, 4) is 0 Å². The van der Waals surface area contributed by atoms with Crippen molar-refractivity contribution < 1.29 is 0 Å². The average Bonchev–Trinajstić information content (AvgIpc) is 2.93. The van der Waals surface area contributed by atoms with Crippen LogP contribution in [0.1, 0.15) is 13.8 Å². The maximum Gasteiger partial charge on any atom is 0.332 e. The molecule has 0 radical (unpaired) electrons. The van der Waals surface area contributed by atoms with Crippen LogP contribution in [-0.4, -0.2) is 30.9 Å². The highest BCUT2D eigenvalue weighted by atomic mass is 16.2. The number of aromatic nitrogens is 4. The summed E-state index contributed by atoms with van der Waals surface area (Å²) in [6.07, 6.45) is 5.30. The molecular weight excluding hydrogens is 308 g/mol. The van der Waals surface area contributed by atoms with Crippen LogP contribution in [0.15, 0.2) is 39.5 Å². The van der Waals surface area contributed by atoms with Gasteiger partial charge in [-0.25, -0.2) is 9.80 Å². The first-order valence-corrected chi connectivity index (χ1v) is 7.73. The number of hydrazone groups is 1. The van der Waals surface area contributed by atoms with Crippen molar-refractivity contribution in [1.82, 2.24) is 18.7 Å². The number of hydrogen-bond acceptors (Lipinski definition) is 5. The molecule has 1 aliphatic heterocycles. The molecule has 3 rings (SSSR count). The number of aryl methyl sites for hydroxylation is 1. The van der Waals surface area contributed by atoms with E-state index in [9.17, 15) is 9.59 Å². The van der Waals surface area contributed by atoms with E-state index in [1.54, 1.807) is 24.2 Å². The molecule has 0 amide bonds. The van der Waals surface area contributed by atoms with Gasteiger partial charge >= 0.3 is 5.69 Å². The minimum Gasteiger partial charge on any atom is -0.297 e. The van der Waals surface area contributed by atoms with Crippen LogP contribution in [0.3, 0.4) is 0 Å². The molecule has 2 aromatic rings. The van der Waals surface area contributed by atoms with Gasteiger partial charge in [0.25, 0.3) is 5.56 Å². The van der Waals surface area contributed by atoms with Gasteiger partial charge < -0.3 is 0 Å². The first-order chi connectivity index (χ1) is 11.5. The summed E-state index contributed by atoms with van der Waals surface area (Å²) in [7, 11) is 1.63. The third-order valence-electron chi connectivity index (χ3n) is 3.95. The predicted molar refractivity (Wildman–Crippen MR) is 94.7 cm³/mol. The number of imidazole rings is 1. The number of allylic oxidation sites excluding steroid dienone is 2. The topological polar surface area (TPSA) is 77.4 Å². The lowest BCUT2D eigenvalue weighted by atomic mass is 10.3. The van der Waals surface area contributed by atoms with Gasteiger partial charge in [0.15, 0.2) is 11.2 Å². The van der Waals surface area contributed by atoms with E-state index in [4.69, 9.17) is 0 Å². The fourth-order valence-corrected chi connectivity index (χ4v) is 2.83. The van der Waals surface area contributed by atoms with Crippen molar-refractivity contribution in [1.29, 1.82) is 0 Å². The van der Waals surface area contributed by atoms with Gasteiger partial charge in [-0.1, -0.05) is 18.2 Å². The maximum absolute atomic E-state index is 12.9. The predicted octanol–water partition coefficient (Wildman–Crippen LogP) is 0.855. The fourth-order valence-electron chi connectivity index (χ4n) is 2.83. The Morgan fingerprint density at radius 3 is 2.71 bits per heavy atom. The molecule has 0 fully saturated rings. The molecule has 0 atom stereocenters. The van der Waals surface area contributed by atoms with Gasteiger partial charge in [-0.3, -0.25) is 18.5 Å². The third kappa shape index (κ3) is 2.31. The normalized spacial score (nSPS) is 14.3. The zero-order valence-electron chi connectivity index (χ0n) is 14.1. The largest absolute Gasteiger partial charge is 0.332 e. The van der Waals surface area contributed by atoms with Gasteiger partial charge in [0.1, 0.15) is 0 Å². The smallest absolute Gasteiger partial charge is 0.297 e. The Bertz CT molecular complexity index is 989. The summed E-state index contributed by atoms with van der Waals surface area (Å²) in [5, 5.41) is 6.14. The zero-order chi connectivity index (χ0) is 17.4. The van der Waals surface area contributed by atoms with E-state index in [0.717, 1.165) is 5.71 Å². The first-order valence-electron chi connectivity index (χ1n) is 7.73. The summed E-state index contributed by atoms with van der Waals surface area (Å²) < 4.78 is 4.44. The van der Waals surface area contributed by atoms with E-state index in [0.29, 0.717) is 30.2 Å². The van der Waals surface area contributed by atoms with Crippen molar-refractivity contribution in [2.45, 2.75) is 26.9 Å². The van der Waals surface area contributed by atoms with Crippen LogP contribution in [0.25, 0.3) is 11.2 Å². The van der Waals surface area contributed by atoms with Crippen molar-refractivity contribution in [2.75, 3.05) is 11.6 Å². The molecule has 3 heterocycles. The quantitative estimate of drug-likeness (QED) is 0.780. The van der Waals surface area contributed by atoms with Crippen LogP contribution in [0.2, 0.25) is 0 Å². The summed E-state index contributed by atoms with van der Waals surface area (Å²) in [5.74, 6) is 0.548. The molecule has 0 saturated heterocycles. The average molecular weight is 328 g/mol. The lowest BCUT2D eigenvalue weighted by Gasteiger charge is -2.23. The molecule has 24 heavy (non-hydrogen) atoms. The van der Waals surface area contributed by atoms with Crippen molar-refractivity contribution >= 4 is 22.8 Å². The molecular formula is C16H20N6O2. The standard InChI is InChI=1S/C16H20N6O2/c1-5-7-9-20-14(23)12-13(19(4)16(20)24)17-15-21(12)10-11(3)18-22(15)8-6-2/h5-7H,2,8-10H2,1,3-4H3. The van der Waals surface area contributed by atoms with Crippen molar-refractivity contribution in [3.63, 3.8) is 0 Å². The highest BCUT2D eigenvalue weighted by Crippen LogP contribution is 2.23. The molecule has 2 aromatic heterocycles. The summed E-state index contributed by atoms with van der Waals surface area (Å²) in [6.45, 7) is 8.65. The van der Waals surface area contributed by atoms with E-state index in [2.05, 4.69) is 16.7 Å². The number of anilines is 1. The van der Waals surface area contributed by atoms with Gasteiger partial charge in [-0.05, 0) is 13.8 Å². The monoisotopic (exact) mass is 328 g/mol. The third-order valence-corrected chi connectivity index (χ3v) is 3.95. The minimum atomic E-state index is -0.381. The van der Waals surface area contributed by atoms with E-state index < -0.39 is 0 Å². The van der Waals surface area contributed by atoms with Crippen LogP contribution in [0.5, 0.6) is 0 Å². The van der Waals surface area contributed by atoms with Gasteiger partial charge in [-0.15, -0.1) is 6.58 Å². The Hall–Kier alpha value is -2.90. The Balaban J connectivity index is 2.35. The molecule has 126 valence electrons. The highest BCUT2D eigenvalue weighted by Gasteiger charge is 2.25. The van der Waals surface area contributed by atoms with E-state index in [-0.39, 0.29) is 17.8 Å². The van der Waals surface area contributed by atoms with Gasteiger partial charge in [0.2, 0.25) is 5.95 Å². The number of nitrogens with zero attached hydrogens (tertiary/aromatic N) is 6. The Morgan fingerprint density at radius 2 is 2.04 bits per heavy atom. The maximum atomic E-state index is 12.9. The number of rotatable bonds is 4. The molecule has 0 bridgehead atoms. The van der Waals surface area contributed by atoms with Crippen LogP contribution in [-0.2, 0) is 20.1 Å². The molecule has 0 unspecified atom stereocenters. The lowest BCUT2D eigenvalue weighted by molar-refractivity contribution is 0.663. The highest BCUT2D eigenvalue weighted by molar-refractivity contribution is 5.87. The molecule has 0 aliphatic carbocycles. The Kier molecular flexibility index (Phi) is 3.96. The molecule has 0 spiro atoms. The Morgan fingerprint density at radius 1 is 1.29 bits per heavy atom. The van der Waals surface area contributed by atoms with E-state index in [1.165, 1.54) is 9.13 Å². The van der Waals surface area contributed by atoms with E-state index >= 15 is 0 Å². The second-order valence-electron chi connectivity index (χ2n) is 5.70. The van der Waals surface area contributed by atoms with Crippen molar-refractivity contribution in [2.24, 2.45) is 12.1 Å². The molecule has 8 nitrogen and oxygen atoms in total. The van der Waals surface area contributed by atoms with Crippen LogP contribution >= 0.6 is 0 Å². The number of hydrogen-bond donors (Lipinski definition) is 0. The second kappa shape index (κ2) is 5.95. The molecule has 0 N–H and O–H groups in total. The minimum absolute atomic E-state index is 0.238. The summed E-state index contributed by atoms with van der Waals surface area (Å²) in [4.78, 5) is 29.9. The molecule has 1 aliphatic rings. The van der Waals surface area contributed by atoms with Crippen molar-refractivity contribution in [3.05, 3.63) is 45.6 Å². The molecule has 0 saturated carbocycles. The van der Waals surface area contributed by atoms with Crippen LogP contribution in [0.4, 0.5) is 5.95 Å². The summed E-state index contributed by atoms with van der Waals surface area (Å²) in [5.41, 5.74) is 0.930. The van der Waals surface area contributed by atoms with Gasteiger partial charge in [0, 0.05) is 13.6 Å². The second-order valence-corrected chi connectivity index (χ2v) is 5.70. The van der Waals surface area contributed by atoms with Gasteiger partial charge in [-0.2, -0.15) is 10.1 Å². The van der Waals surface area contributed by atoms with Crippen LogP contribution < -0.4 is 16.3 Å². The lowest BCUT2D eigenvalue weighted by Crippen LogP contribution is -2.39. The summed E-state index contributed by atoms with van der Waals surface area (Å²) >= 11 is 0. The Labute approximate surface area is 138 Å². The van der Waals surface area contributed by atoms with Crippen LogP contribution in [0, 0.1) is 0 Å². The zero-order valence-corrected chi connectivity index (χ0v) is 14.1.